The number of hydrogen-bond donors (Lipinski definition) is 2. The van der Waals surface area contributed by atoms with Gasteiger partial charge in [-0.1, -0.05) is 39.5 Å². The Hall–Kier alpha value is -1.26. The summed E-state index contributed by atoms with van der Waals surface area (Å²) in [5.74, 6) is 0.634. The van der Waals surface area contributed by atoms with Gasteiger partial charge >= 0.3 is 6.09 Å². The van der Waals surface area contributed by atoms with Crippen molar-refractivity contribution in [3.05, 3.63) is 0 Å². The zero-order valence-electron chi connectivity index (χ0n) is 14.7. The summed E-state index contributed by atoms with van der Waals surface area (Å²) < 4.78 is 5.22. The topological polar surface area (TPSA) is 67.4 Å². The first-order chi connectivity index (χ1) is 10.2. The molecule has 1 aliphatic rings. The molecule has 0 saturated heterocycles. The van der Waals surface area contributed by atoms with Crippen LogP contribution < -0.4 is 10.6 Å². The second kappa shape index (κ2) is 8.39. The predicted octanol–water partition coefficient (Wildman–Crippen LogP) is 3.23. The van der Waals surface area contributed by atoms with E-state index in [1.807, 2.05) is 13.8 Å². The highest BCUT2D eigenvalue weighted by Gasteiger charge is 2.26. The number of carbonyl (C=O) groups is 2. The van der Waals surface area contributed by atoms with Crippen LogP contribution in [0.2, 0.25) is 0 Å². The fourth-order valence-electron chi connectivity index (χ4n) is 2.78. The number of rotatable bonds is 6. The summed E-state index contributed by atoms with van der Waals surface area (Å²) in [6, 6.07) is -0.557. The van der Waals surface area contributed by atoms with Crippen LogP contribution >= 0.6 is 0 Å². The van der Waals surface area contributed by atoms with Gasteiger partial charge in [-0.05, 0) is 39.0 Å². The van der Waals surface area contributed by atoms with E-state index in [-0.39, 0.29) is 11.8 Å². The van der Waals surface area contributed by atoms with Gasteiger partial charge in [0.2, 0.25) is 5.91 Å². The Balaban J connectivity index is 2.40. The lowest BCUT2D eigenvalue weighted by atomic mass is 10.0. The average Bonchev–Trinajstić information content (AvgIpc) is 2.86. The van der Waals surface area contributed by atoms with Crippen LogP contribution in [0.15, 0.2) is 0 Å². The fourth-order valence-corrected chi connectivity index (χ4v) is 2.78. The second-order valence-electron chi connectivity index (χ2n) is 7.60. The van der Waals surface area contributed by atoms with Crippen molar-refractivity contribution in [1.29, 1.82) is 0 Å². The molecule has 5 heteroatoms. The molecule has 5 nitrogen and oxygen atoms in total. The number of carbonyl (C=O) groups excluding carboxylic acids is 2. The molecule has 1 rings (SSSR count). The molecular weight excluding hydrogens is 280 g/mol. The molecule has 1 atom stereocenters. The zero-order chi connectivity index (χ0) is 16.8. The molecule has 0 spiro atoms. The maximum absolute atomic E-state index is 12.3. The van der Waals surface area contributed by atoms with Crippen molar-refractivity contribution in [1.82, 2.24) is 10.6 Å². The number of ether oxygens (including phenoxy) is 1. The van der Waals surface area contributed by atoms with Crippen molar-refractivity contribution in [3.8, 4) is 0 Å². The van der Waals surface area contributed by atoms with E-state index in [0.717, 1.165) is 12.3 Å². The van der Waals surface area contributed by atoms with E-state index in [0.29, 0.717) is 6.54 Å². The average molecular weight is 312 g/mol. The predicted molar refractivity (Wildman–Crippen MR) is 87.6 cm³/mol. The molecule has 0 aromatic heterocycles. The van der Waals surface area contributed by atoms with Gasteiger partial charge in [-0.15, -0.1) is 0 Å². The van der Waals surface area contributed by atoms with Crippen LogP contribution in [-0.2, 0) is 9.53 Å². The Morgan fingerprint density at radius 1 is 1.18 bits per heavy atom. The Morgan fingerprint density at radius 3 is 2.27 bits per heavy atom. The molecule has 128 valence electrons. The number of nitrogens with one attached hydrogen (secondary N) is 2. The first-order valence-electron chi connectivity index (χ1n) is 8.46. The molecule has 1 unspecified atom stereocenters. The van der Waals surface area contributed by atoms with Gasteiger partial charge in [0.1, 0.15) is 11.6 Å². The highest BCUT2D eigenvalue weighted by atomic mass is 16.6. The Bertz CT molecular complexity index is 369. The third-order valence-electron chi connectivity index (χ3n) is 3.95. The number of amides is 2. The van der Waals surface area contributed by atoms with Crippen molar-refractivity contribution in [2.24, 2.45) is 11.8 Å². The van der Waals surface area contributed by atoms with Crippen LogP contribution in [0.5, 0.6) is 0 Å². The van der Waals surface area contributed by atoms with Gasteiger partial charge in [0.25, 0.3) is 0 Å². The van der Waals surface area contributed by atoms with Gasteiger partial charge in [0.15, 0.2) is 0 Å². The summed E-state index contributed by atoms with van der Waals surface area (Å²) in [6.45, 7) is 9.93. The fraction of sp³-hybridized carbons (Fsp3) is 0.882. The zero-order valence-corrected chi connectivity index (χ0v) is 14.7. The molecule has 2 N–H and O–H groups in total. The van der Waals surface area contributed by atoms with Gasteiger partial charge in [0, 0.05) is 6.54 Å². The monoisotopic (exact) mass is 312 g/mol. The lowest BCUT2D eigenvalue weighted by molar-refractivity contribution is -0.124. The minimum absolute atomic E-state index is 0.0130. The smallest absolute Gasteiger partial charge is 0.408 e. The van der Waals surface area contributed by atoms with Gasteiger partial charge in [-0.2, -0.15) is 0 Å². The lowest BCUT2D eigenvalue weighted by Crippen LogP contribution is -2.51. The summed E-state index contributed by atoms with van der Waals surface area (Å²) in [6.07, 6.45) is 5.67. The standard InChI is InChI=1S/C17H32N2O3/c1-12(2)14(19-16(21)22-17(3,4)5)15(20)18-11-10-13-8-6-7-9-13/h12-14H,6-11H2,1-5H3,(H,18,20)(H,19,21). The van der Waals surface area contributed by atoms with Crippen LogP contribution in [-0.4, -0.2) is 30.2 Å². The van der Waals surface area contributed by atoms with E-state index in [2.05, 4.69) is 10.6 Å². The Morgan fingerprint density at radius 2 is 1.77 bits per heavy atom. The molecule has 1 aliphatic carbocycles. The summed E-state index contributed by atoms with van der Waals surface area (Å²) in [5.41, 5.74) is -0.565. The van der Waals surface area contributed by atoms with Crippen LogP contribution in [0.25, 0.3) is 0 Å². The number of alkyl carbamates (subject to hydrolysis) is 1. The van der Waals surface area contributed by atoms with E-state index >= 15 is 0 Å². The van der Waals surface area contributed by atoms with Crippen molar-refractivity contribution in [2.45, 2.75) is 78.4 Å². The summed E-state index contributed by atoms with van der Waals surface area (Å²) in [5, 5.41) is 5.63. The van der Waals surface area contributed by atoms with Crippen molar-refractivity contribution >= 4 is 12.0 Å². The molecule has 0 aromatic rings. The third kappa shape index (κ3) is 7.14. The molecular formula is C17H32N2O3. The molecule has 0 radical (unpaired) electrons. The van der Waals surface area contributed by atoms with Crippen LogP contribution in [0.4, 0.5) is 4.79 Å². The van der Waals surface area contributed by atoms with E-state index in [9.17, 15) is 9.59 Å². The summed E-state index contributed by atoms with van der Waals surface area (Å²) in [7, 11) is 0. The molecule has 1 fully saturated rings. The lowest BCUT2D eigenvalue weighted by Gasteiger charge is -2.25. The van der Waals surface area contributed by atoms with Crippen molar-refractivity contribution < 1.29 is 14.3 Å². The maximum atomic E-state index is 12.3. The molecule has 0 aromatic carbocycles. The van der Waals surface area contributed by atoms with E-state index < -0.39 is 17.7 Å². The quantitative estimate of drug-likeness (QED) is 0.791. The van der Waals surface area contributed by atoms with Gasteiger partial charge in [0.05, 0.1) is 0 Å². The van der Waals surface area contributed by atoms with Gasteiger partial charge < -0.3 is 15.4 Å². The van der Waals surface area contributed by atoms with Crippen LogP contribution in [0.3, 0.4) is 0 Å². The van der Waals surface area contributed by atoms with E-state index in [1.165, 1.54) is 25.7 Å². The molecule has 22 heavy (non-hydrogen) atoms. The molecule has 0 heterocycles. The van der Waals surface area contributed by atoms with Crippen molar-refractivity contribution in [2.75, 3.05) is 6.54 Å². The normalized spacial score (nSPS) is 17.4. The van der Waals surface area contributed by atoms with Crippen molar-refractivity contribution in [3.63, 3.8) is 0 Å². The Kier molecular flexibility index (Phi) is 7.17. The van der Waals surface area contributed by atoms with E-state index in [4.69, 9.17) is 4.74 Å². The SMILES string of the molecule is CC(C)C(NC(=O)OC(C)(C)C)C(=O)NCCC1CCCC1. The molecule has 2 amide bonds. The highest BCUT2D eigenvalue weighted by Crippen LogP contribution is 2.26. The first kappa shape index (κ1) is 18.8. The summed E-state index contributed by atoms with van der Waals surface area (Å²) >= 11 is 0. The second-order valence-corrected chi connectivity index (χ2v) is 7.60. The highest BCUT2D eigenvalue weighted by molar-refractivity contribution is 5.85. The minimum atomic E-state index is -0.565. The number of hydrogen-bond acceptors (Lipinski definition) is 3. The summed E-state index contributed by atoms with van der Waals surface area (Å²) in [4.78, 5) is 24.1. The van der Waals surface area contributed by atoms with E-state index in [1.54, 1.807) is 20.8 Å². The van der Waals surface area contributed by atoms with Gasteiger partial charge in [-0.3, -0.25) is 4.79 Å². The maximum Gasteiger partial charge on any atom is 0.408 e. The van der Waals surface area contributed by atoms with Gasteiger partial charge in [-0.25, -0.2) is 4.79 Å². The minimum Gasteiger partial charge on any atom is -0.444 e. The molecule has 1 saturated carbocycles. The molecule has 0 bridgehead atoms. The van der Waals surface area contributed by atoms with Crippen LogP contribution in [0, 0.1) is 11.8 Å². The molecule has 0 aliphatic heterocycles. The third-order valence-corrected chi connectivity index (χ3v) is 3.95. The Labute approximate surface area is 134 Å². The van der Waals surface area contributed by atoms with Crippen LogP contribution in [0.1, 0.15) is 66.7 Å². The largest absolute Gasteiger partial charge is 0.444 e. The first-order valence-corrected chi connectivity index (χ1v) is 8.46.